The highest BCUT2D eigenvalue weighted by molar-refractivity contribution is 5.97. The first kappa shape index (κ1) is 13.7. The van der Waals surface area contributed by atoms with E-state index >= 15 is 0 Å². The van der Waals surface area contributed by atoms with Gasteiger partial charge in [0.25, 0.3) is 5.69 Å². The number of rotatable bonds is 5. The number of likely N-dealkylation sites (N-methyl/N-ethyl adjacent to an activating group) is 1. The molecule has 2 rings (SSSR count). The average Bonchev–Trinajstić information content (AvgIpc) is 2.44. The second-order valence-corrected chi connectivity index (χ2v) is 4.10. The highest BCUT2D eigenvalue weighted by Gasteiger charge is 2.15. The van der Waals surface area contributed by atoms with Crippen molar-refractivity contribution in [2.45, 2.75) is 6.92 Å². The van der Waals surface area contributed by atoms with Gasteiger partial charge in [-0.3, -0.25) is 14.9 Å². The molecule has 7 nitrogen and oxygen atoms in total. The average molecular weight is 274 g/mol. The van der Waals surface area contributed by atoms with Crippen molar-refractivity contribution >= 4 is 28.2 Å². The fraction of sp³-hybridized carbons (Fsp3) is 0.231. The van der Waals surface area contributed by atoms with Crippen LogP contribution in [-0.4, -0.2) is 28.9 Å². The lowest BCUT2D eigenvalue weighted by molar-refractivity contribution is -0.383. The van der Waals surface area contributed by atoms with E-state index in [0.29, 0.717) is 23.1 Å². The third-order valence-corrected chi connectivity index (χ3v) is 2.76. The van der Waals surface area contributed by atoms with E-state index in [9.17, 15) is 14.9 Å². The Balaban J connectivity index is 2.33. The van der Waals surface area contributed by atoms with Crippen LogP contribution in [0.1, 0.15) is 6.92 Å². The lowest BCUT2D eigenvalue weighted by atomic mass is 10.1. The third kappa shape index (κ3) is 2.82. The summed E-state index contributed by atoms with van der Waals surface area (Å²) in [6.45, 7) is 2.50. The Hall–Kier alpha value is -2.70. The van der Waals surface area contributed by atoms with Gasteiger partial charge >= 0.3 is 0 Å². The lowest BCUT2D eigenvalue weighted by Crippen LogP contribution is -2.29. The summed E-state index contributed by atoms with van der Waals surface area (Å²) in [4.78, 5) is 26.0. The van der Waals surface area contributed by atoms with E-state index in [0.717, 1.165) is 0 Å². The summed E-state index contributed by atoms with van der Waals surface area (Å²) in [7, 11) is 0. The molecule has 1 aromatic carbocycles. The van der Waals surface area contributed by atoms with Gasteiger partial charge < -0.3 is 10.6 Å². The van der Waals surface area contributed by atoms with Gasteiger partial charge in [-0.15, -0.1) is 0 Å². The number of nitro groups is 1. The molecule has 0 aliphatic heterocycles. The molecule has 7 heteroatoms. The van der Waals surface area contributed by atoms with Crippen molar-refractivity contribution in [2.24, 2.45) is 0 Å². The molecular formula is C13H14N4O3. The van der Waals surface area contributed by atoms with Gasteiger partial charge in [-0.05, 0) is 25.1 Å². The van der Waals surface area contributed by atoms with Crippen molar-refractivity contribution < 1.29 is 9.72 Å². The third-order valence-electron chi connectivity index (χ3n) is 2.76. The molecule has 1 heterocycles. The fourth-order valence-electron chi connectivity index (χ4n) is 1.89. The summed E-state index contributed by atoms with van der Waals surface area (Å²) in [6.07, 6.45) is 1.50. The van der Waals surface area contributed by atoms with Crippen molar-refractivity contribution in [3.8, 4) is 0 Å². The Morgan fingerprint density at radius 1 is 1.40 bits per heavy atom. The van der Waals surface area contributed by atoms with Crippen LogP contribution >= 0.6 is 0 Å². The van der Waals surface area contributed by atoms with Gasteiger partial charge in [-0.2, -0.15) is 0 Å². The van der Waals surface area contributed by atoms with Crippen molar-refractivity contribution in [2.75, 3.05) is 18.4 Å². The molecule has 0 aliphatic rings. The predicted molar refractivity (Wildman–Crippen MR) is 75.6 cm³/mol. The Kier molecular flexibility index (Phi) is 4.09. The van der Waals surface area contributed by atoms with E-state index in [2.05, 4.69) is 15.6 Å². The largest absolute Gasteiger partial charge is 0.376 e. The number of aromatic nitrogens is 1. The highest BCUT2D eigenvalue weighted by atomic mass is 16.6. The zero-order chi connectivity index (χ0) is 14.5. The minimum absolute atomic E-state index is 0.0517. The van der Waals surface area contributed by atoms with E-state index in [1.807, 2.05) is 6.92 Å². The van der Waals surface area contributed by atoms with Gasteiger partial charge in [0.2, 0.25) is 5.91 Å². The smallest absolute Gasteiger partial charge is 0.295 e. The van der Waals surface area contributed by atoms with Crippen molar-refractivity contribution in [1.29, 1.82) is 0 Å². The van der Waals surface area contributed by atoms with Gasteiger partial charge in [0.15, 0.2) is 0 Å². The molecule has 0 saturated heterocycles. The number of benzene rings is 1. The molecule has 0 unspecified atom stereocenters. The first-order valence-electron chi connectivity index (χ1n) is 6.16. The molecule has 0 saturated carbocycles. The first-order chi connectivity index (χ1) is 9.63. The topological polar surface area (TPSA) is 97.2 Å². The summed E-state index contributed by atoms with van der Waals surface area (Å²) >= 11 is 0. The maximum Gasteiger partial charge on any atom is 0.295 e. The van der Waals surface area contributed by atoms with Gasteiger partial charge in [0.1, 0.15) is 5.52 Å². The number of pyridine rings is 1. The number of nitro benzene ring substituents is 1. The summed E-state index contributed by atoms with van der Waals surface area (Å²) < 4.78 is 0. The Morgan fingerprint density at radius 2 is 2.20 bits per heavy atom. The van der Waals surface area contributed by atoms with E-state index < -0.39 is 4.92 Å². The van der Waals surface area contributed by atoms with Gasteiger partial charge in [0.05, 0.1) is 11.5 Å². The zero-order valence-electron chi connectivity index (χ0n) is 10.9. The maximum atomic E-state index is 11.4. The molecular weight excluding hydrogens is 260 g/mol. The number of nitrogens with zero attached hydrogens (tertiary/aromatic N) is 2. The molecule has 0 spiro atoms. The minimum Gasteiger partial charge on any atom is -0.376 e. The number of fused-ring (bicyclic) bond motifs is 1. The zero-order valence-corrected chi connectivity index (χ0v) is 10.9. The number of anilines is 1. The molecule has 1 amide bonds. The minimum atomic E-state index is -0.469. The molecule has 0 bridgehead atoms. The summed E-state index contributed by atoms with van der Waals surface area (Å²) in [6, 6.07) is 6.40. The van der Waals surface area contributed by atoms with Crippen LogP contribution in [0.15, 0.2) is 30.5 Å². The van der Waals surface area contributed by atoms with Crippen LogP contribution in [0.5, 0.6) is 0 Å². The highest BCUT2D eigenvalue weighted by Crippen LogP contribution is 2.29. The number of hydrogen-bond acceptors (Lipinski definition) is 5. The van der Waals surface area contributed by atoms with Crippen molar-refractivity contribution in [3.63, 3.8) is 0 Å². The van der Waals surface area contributed by atoms with E-state index in [1.165, 1.54) is 12.3 Å². The van der Waals surface area contributed by atoms with Gasteiger partial charge in [0, 0.05) is 29.9 Å². The van der Waals surface area contributed by atoms with Gasteiger partial charge in [-0.1, -0.05) is 0 Å². The second kappa shape index (κ2) is 5.96. The number of carbonyl (C=O) groups excluding carboxylic acids is 1. The normalized spacial score (nSPS) is 10.2. The maximum absolute atomic E-state index is 11.4. The molecule has 2 N–H and O–H groups in total. The second-order valence-electron chi connectivity index (χ2n) is 4.10. The van der Waals surface area contributed by atoms with Crippen LogP contribution in [0.25, 0.3) is 10.9 Å². The van der Waals surface area contributed by atoms with Crippen LogP contribution in [-0.2, 0) is 4.79 Å². The Morgan fingerprint density at radius 3 is 2.90 bits per heavy atom. The summed E-state index contributed by atoms with van der Waals surface area (Å²) in [5.74, 6) is -0.136. The molecule has 0 fully saturated rings. The van der Waals surface area contributed by atoms with E-state index in [4.69, 9.17) is 0 Å². The van der Waals surface area contributed by atoms with E-state index in [-0.39, 0.29) is 18.1 Å². The monoisotopic (exact) mass is 274 g/mol. The summed E-state index contributed by atoms with van der Waals surface area (Å²) in [5.41, 5.74) is 0.896. The fourth-order valence-corrected chi connectivity index (χ4v) is 1.89. The van der Waals surface area contributed by atoms with Crippen LogP contribution < -0.4 is 10.6 Å². The molecule has 0 aliphatic carbocycles. The quantitative estimate of drug-likeness (QED) is 0.638. The first-order valence-corrected chi connectivity index (χ1v) is 6.16. The molecule has 2 aromatic rings. The van der Waals surface area contributed by atoms with Crippen LogP contribution in [0, 0.1) is 10.1 Å². The number of nitrogens with one attached hydrogen (secondary N) is 2. The predicted octanol–water partition coefficient (Wildman–Crippen LogP) is 1.69. The number of carbonyl (C=O) groups is 1. The Labute approximate surface area is 115 Å². The van der Waals surface area contributed by atoms with Crippen LogP contribution in [0.3, 0.4) is 0 Å². The lowest BCUT2D eigenvalue weighted by Gasteiger charge is -2.09. The van der Waals surface area contributed by atoms with E-state index in [1.54, 1.807) is 18.2 Å². The standard InChI is InChI=1S/C13H14N4O3/c1-2-14-12(18)8-16-10-5-6-11(17(19)20)13-9(10)4-3-7-15-13/h3-7,16H,2,8H2,1H3,(H,14,18). The van der Waals surface area contributed by atoms with Crippen molar-refractivity contribution in [1.82, 2.24) is 10.3 Å². The molecule has 1 aromatic heterocycles. The molecule has 0 atom stereocenters. The molecule has 0 radical (unpaired) electrons. The van der Waals surface area contributed by atoms with Crippen LogP contribution in [0.2, 0.25) is 0 Å². The number of non-ortho nitro benzene ring substituents is 1. The molecule has 104 valence electrons. The molecule has 20 heavy (non-hydrogen) atoms. The number of amides is 1. The summed E-state index contributed by atoms with van der Waals surface area (Å²) in [5, 5.41) is 17.2. The van der Waals surface area contributed by atoms with Crippen molar-refractivity contribution in [3.05, 3.63) is 40.6 Å². The Bertz CT molecular complexity index is 657. The SMILES string of the molecule is CCNC(=O)CNc1ccc([N+](=O)[O-])c2ncccc12. The van der Waals surface area contributed by atoms with Gasteiger partial charge in [-0.25, -0.2) is 4.98 Å². The van der Waals surface area contributed by atoms with Crippen LogP contribution in [0.4, 0.5) is 11.4 Å². The number of hydrogen-bond donors (Lipinski definition) is 2.